The lowest BCUT2D eigenvalue weighted by Gasteiger charge is -2.10. The van der Waals surface area contributed by atoms with Crippen molar-refractivity contribution in [3.05, 3.63) is 76.7 Å². The van der Waals surface area contributed by atoms with E-state index in [1.807, 2.05) is 6.92 Å². The Bertz CT molecular complexity index is 1260. The minimum Gasteiger partial charge on any atom is -0.484 e. The predicted octanol–water partition coefficient (Wildman–Crippen LogP) is 3.32. The number of ether oxygens (including phenoxy) is 1. The number of nitrogens with zero attached hydrogens (tertiary/aromatic N) is 3. The number of nitrogens with one attached hydrogen (secondary N) is 2. The number of carbonyl (C=O) groups excluding carboxylic acids is 1. The molecule has 0 aliphatic rings. The van der Waals surface area contributed by atoms with Crippen molar-refractivity contribution in [2.24, 2.45) is 0 Å². The van der Waals surface area contributed by atoms with E-state index in [0.29, 0.717) is 29.3 Å². The Morgan fingerprint density at radius 1 is 1.25 bits per heavy atom. The van der Waals surface area contributed by atoms with E-state index in [-0.39, 0.29) is 23.9 Å². The molecule has 1 amide bonds. The fraction of sp³-hybridized carbons (Fsp3) is 0.182. The number of H-pyrrole nitrogens is 1. The van der Waals surface area contributed by atoms with Gasteiger partial charge in [0, 0.05) is 17.8 Å². The fourth-order valence-electron chi connectivity index (χ4n) is 3.01. The standard InChI is InChI=1S/C22H20FN5O4/c1-2-4-15-11-20(29)26-22(24-15)28-19(12-17(27-28)18-5-3-10-31-18)25-21(30)13-32-16-8-6-14(23)7-9-16/h3,5-12H,2,4,13H2,1H3,(H,25,30)(H,24,26,29). The van der Waals surface area contributed by atoms with E-state index in [2.05, 4.69) is 20.4 Å². The lowest BCUT2D eigenvalue weighted by Crippen LogP contribution is -2.23. The molecule has 2 N–H and O–H groups in total. The second kappa shape index (κ2) is 9.29. The SMILES string of the molecule is CCCc1cc(=O)[nH]c(-n2nc(-c3ccco3)cc2NC(=O)COc2ccc(F)cc2)n1. The van der Waals surface area contributed by atoms with Crippen LogP contribution in [0.5, 0.6) is 5.75 Å². The van der Waals surface area contributed by atoms with Crippen molar-refractivity contribution in [3.63, 3.8) is 0 Å². The van der Waals surface area contributed by atoms with Crippen LogP contribution in [0.3, 0.4) is 0 Å². The van der Waals surface area contributed by atoms with Gasteiger partial charge in [-0.15, -0.1) is 0 Å². The van der Waals surface area contributed by atoms with Gasteiger partial charge < -0.3 is 14.5 Å². The van der Waals surface area contributed by atoms with Crippen molar-refractivity contribution in [3.8, 4) is 23.2 Å². The highest BCUT2D eigenvalue weighted by atomic mass is 19.1. The van der Waals surface area contributed by atoms with E-state index in [4.69, 9.17) is 9.15 Å². The largest absolute Gasteiger partial charge is 0.484 e. The lowest BCUT2D eigenvalue weighted by molar-refractivity contribution is -0.118. The number of hydrogen-bond acceptors (Lipinski definition) is 6. The molecule has 0 spiro atoms. The normalized spacial score (nSPS) is 10.8. The molecule has 0 unspecified atom stereocenters. The average molecular weight is 437 g/mol. The van der Waals surface area contributed by atoms with Crippen molar-refractivity contribution in [1.29, 1.82) is 0 Å². The van der Waals surface area contributed by atoms with E-state index in [9.17, 15) is 14.0 Å². The molecular formula is C22H20FN5O4. The predicted molar refractivity (Wildman–Crippen MR) is 114 cm³/mol. The van der Waals surface area contributed by atoms with Crippen molar-refractivity contribution < 1.29 is 18.3 Å². The Balaban J connectivity index is 1.61. The second-order valence-corrected chi connectivity index (χ2v) is 6.91. The summed E-state index contributed by atoms with van der Waals surface area (Å²) in [6, 6.07) is 11.8. The van der Waals surface area contributed by atoms with Gasteiger partial charge in [-0.25, -0.2) is 9.37 Å². The summed E-state index contributed by atoms with van der Waals surface area (Å²) in [4.78, 5) is 31.7. The minimum absolute atomic E-state index is 0.161. The summed E-state index contributed by atoms with van der Waals surface area (Å²) in [5, 5.41) is 7.14. The molecule has 1 aromatic carbocycles. The van der Waals surface area contributed by atoms with Gasteiger partial charge in [-0.2, -0.15) is 9.78 Å². The van der Waals surface area contributed by atoms with Gasteiger partial charge in [0.1, 0.15) is 23.1 Å². The monoisotopic (exact) mass is 437 g/mol. The maximum Gasteiger partial charge on any atom is 0.263 e. The van der Waals surface area contributed by atoms with E-state index in [1.54, 1.807) is 18.2 Å². The van der Waals surface area contributed by atoms with E-state index < -0.39 is 11.7 Å². The Morgan fingerprint density at radius 2 is 2.06 bits per heavy atom. The first kappa shape index (κ1) is 21.0. The van der Waals surface area contributed by atoms with Crippen LogP contribution in [-0.4, -0.2) is 32.3 Å². The molecule has 0 aliphatic heterocycles. The Morgan fingerprint density at radius 3 is 2.78 bits per heavy atom. The minimum atomic E-state index is -0.478. The molecule has 4 rings (SSSR count). The first-order valence-electron chi connectivity index (χ1n) is 9.94. The molecule has 10 heteroatoms. The molecule has 3 aromatic heterocycles. The van der Waals surface area contributed by atoms with Crippen LogP contribution in [0.1, 0.15) is 19.0 Å². The number of aromatic amines is 1. The van der Waals surface area contributed by atoms with Crippen molar-refractivity contribution in [2.75, 3.05) is 11.9 Å². The average Bonchev–Trinajstić information content (AvgIpc) is 3.43. The molecule has 0 saturated heterocycles. The molecule has 164 valence electrons. The highest BCUT2D eigenvalue weighted by molar-refractivity contribution is 5.91. The quantitative estimate of drug-likeness (QED) is 0.437. The van der Waals surface area contributed by atoms with Gasteiger partial charge in [0.05, 0.1) is 6.26 Å². The summed E-state index contributed by atoms with van der Waals surface area (Å²) < 4.78 is 25.1. The van der Waals surface area contributed by atoms with Gasteiger partial charge in [-0.3, -0.25) is 14.6 Å². The summed E-state index contributed by atoms with van der Waals surface area (Å²) in [5.74, 6) is 0.379. The fourth-order valence-corrected chi connectivity index (χ4v) is 3.01. The summed E-state index contributed by atoms with van der Waals surface area (Å²) in [6.07, 6.45) is 2.94. The van der Waals surface area contributed by atoms with Crippen LogP contribution in [-0.2, 0) is 11.2 Å². The van der Waals surface area contributed by atoms with Crippen LogP contribution in [0.2, 0.25) is 0 Å². The van der Waals surface area contributed by atoms with Crippen LogP contribution >= 0.6 is 0 Å². The Hall–Kier alpha value is -4.21. The van der Waals surface area contributed by atoms with Gasteiger partial charge in [0.25, 0.3) is 11.5 Å². The van der Waals surface area contributed by atoms with Crippen LogP contribution in [0.4, 0.5) is 10.2 Å². The van der Waals surface area contributed by atoms with Gasteiger partial charge >= 0.3 is 0 Å². The van der Waals surface area contributed by atoms with Gasteiger partial charge in [-0.1, -0.05) is 13.3 Å². The van der Waals surface area contributed by atoms with E-state index in [1.165, 1.54) is 41.3 Å². The highest BCUT2D eigenvalue weighted by Crippen LogP contribution is 2.24. The van der Waals surface area contributed by atoms with Gasteiger partial charge in [-0.05, 0) is 42.8 Å². The molecule has 0 radical (unpaired) electrons. The first-order chi connectivity index (χ1) is 15.5. The smallest absolute Gasteiger partial charge is 0.263 e. The number of hydrogen-bond donors (Lipinski definition) is 2. The number of aryl methyl sites for hydroxylation is 1. The molecule has 3 heterocycles. The van der Waals surface area contributed by atoms with Crippen molar-refractivity contribution in [1.82, 2.24) is 19.7 Å². The molecule has 0 fully saturated rings. The molecule has 9 nitrogen and oxygen atoms in total. The zero-order valence-corrected chi connectivity index (χ0v) is 17.2. The second-order valence-electron chi connectivity index (χ2n) is 6.91. The number of carbonyl (C=O) groups is 1. The zero-order chi connectivity index (χ0) is 22.5. The maximum atomic E-state index is 13.0. The summed E-state index contributed by atoms with van der Waals surface area (Å²) in [7, 11) is 0. The molecular weight excluding hydrogens is 417 g/mol. The lowest BCUT2D eigenvalue weighted by atomic mass is 10.2. The number of anilines is 1. The Kier molecular flexibility index (Phi) is 6.11. The molecule has 32 heavy (non-hydrogen) atoms. The summed E-state index contributed by atoms with van der Waals surface area (Å²) >= 11 is 0. The number of halogens is 1. The van der Waals surface area contributed by atoms with Crippen LogP contribution in [0, 0.1) is 5.82 Å². The number of furan rings is 1. The van der Waals surface area contributed by atoms with E-state index >= 15 is 0 Å². The molecule has 4 aromatic rings. The number of benzene rings is 1. The molecule has 0 saturated carbocycles. The van der Waals surface area contributed by atoms with Crippen LogP contribution in [0.25, 0.3) is 17.4 Å². The summed E-state index contributed by atoms with van der Waals surface area (Å²) in [5.41, 5.74) is 0.719. The molecule has 0 bridgehead atoms. The van der Waals surface area contributed by atoms with Crippen LogP contribution < -0.4 is 15.6 Å². The number of amides is 1. The first-order valence-corrected chi connectivity index (χ1v) is 9.94. The molecule has 0 aliphatic carbocycles. The van der Waals surface area contributed by atoms with Gasteiger partial charge in [0.2, 0.25) is 5.95 Å². The third kappa shape index (κ3) is 4.91. The molecule has 0 atom stereocenters. The Labute approximate surface area is 181 Å². The summed E-state index contributed by atoms with van der Waals surface area (Å²) in [6.45, 7) is 1.67. The van der Waals surface area contributed by atoms with Crippen molar-refractivity contribution >= 4 is 11.7 Å². The van der Waals surface area contributed by atoms with Crippen LogP contribution in [0.15, 0.2) is 64.0 Å². The highest BCUT2D eigenvalue weighted by Gasteiger charge is 2.17. The van der Waals surface area contributed by atoms with Gasteiger partial charge in [0.15, 0.2) is 12.4 Å². The number of aromatic nitrogens is 4. The topological polar surface area (TPSA) is 115 Å². The van der Waals surface area contributed by atoms with Crippen molar-refractivity contribution in [2.45, 2.75) is 19.8 Å². The van der Waals surface area contributed by atoms with E-state index in [0.717, 1.165) is 6.42 Å². The third-order valence-electron chi connectivity index (χ3n) is 4.42. The third-order valence-corrected chi connectivity index (χ3v) is 4.42. The zero-order valence-electron chi connectivity index (χ0n) is 17.2. The number of rotatable bonds is 8. The maximum absolute atomic E-state index is 13.0.